The highest BCUT2D eigenvalue weighted by Gasteiger charge is 2.26. The molecule has 0 radical (unpaired) electrons. The van der Waals surface area contributed by atoms with Crippen molar-refractivity contribution in [2.75, 3.05) is 11.6 Å². The maximum absolute atomic E-state index is 11.7. The van der Waals surface area contributed by atoms with E-state index in [9.17, 15) is 30.7 Å². The zero-order chi connectivity index (χ0) is 18.6. The minimum atomic E-state index is -4.71. The average Bonchev–Trinajstić information content (AvgIpc) is 2.83. The number of benzene rings is 2. The Hall–Kier alpha value is -2.34. The van der Waals surface area contributed by atoms with Crippen molar-refractivity contribution in [3.63, 3.8) is 0 Å². The number of ketones is 1. The van der Waals surface area contributed by atoms with E-state index < -0.39 is 30.0 Å². The Labute approximate surface area is 143 Å². The molecule has 0 unspecified atom stereocenters. The topological polar surface area (TPSA) is 141 Å². The molecule has 0 saturated heterocycles. The number of anilines is 1. The lowest BCUT2D eigenvalue weighted by Crippen LogP contribution is -2.18. The number of hydrogen-bond donors (Lipinski definition) is 2. The van der Waals surface area contributed by atoms with Gasteiger partial charge in [0.25, 0.3) is 20.2 Å². The fourth-order valence-electron chi connectivity index (χ4n) is 2.57. The van der Waals surface area contributed by atoms with Crippen LogP contribution in [-0.4, -0.2) is 44.0 Å². The van der Waals surface area contributed by atoms with Crippen LogP contribution < -0.4 is 5.01 Å². The third-order valence-corrected chi connectivity index (χ3v) is 5.53. The molecule has 2 N–H and O–H groups in total. The lowest BCUT2D eigenvalue weighted by Gasteiger charge is -2.16. The smallest absolute Gasteiger partial charge is 0.291 e. The van der Waals surface area contributed by atoms with Crippen LogP contribution >= 0.6 is 0 Å². The van der Waals surface area contributed by atoms with Gasteiger partial charge in [0.15, 0.2) is 5.78 Å². The molecule has 2 aromatic carbocycles. The molecule has 0 atom stereocenters. The molecule has 11 heteroatoms. The van der Waals surface area contributed by atoms with Crippen LogP contribution in [0, 0.1) is 0 Å². The standard InChI is InChI=1S/C14H12N2O7S2/c1-8-12(17)7-16(15-8)9-5-11-10(14(6-9)25(21,22)23)3-2-4-13(11)24(18,19)20/h2-6H,7H2,1H3,(H,18,19,20)(H,21,22,23). The second kappa shape index (κ2) is 5.59. The van der Waals surface area contributed by atoms with Crippen molar-refractivity contribution in [2.24, 2.45) is 5.10 Å². The number of rotatable bonds is 3. The van der Waals surface area contributed by atoms with Crippen LogP contribution in [0.2, 0.25) is 0 Å². The largest absolute Gasteiger partial charge is 0.295 e. The zero-order valence-corrected chi connectivity index (χ0v) is 14.4. The van der Waals surface area contributed by atoms with E-state index in [4.69, 9.17) is 0 Å². The highest BCUT2D eigenvalue weighted by Crippen LogP contribution is 2.34. The third kappa shape index (κ3) is 3.14. The van der Waals surface area contributed by atoms with Crippen molar-refractivity contribution >= 4 is 48.2 Å². The van der Waals surface area contributed by atoms with Crippen LogP contribution in [-0.2, 0) is 25.0 Å². The SMILES string of the molecule is CC1=NN(c2cc(S(=O)(=O)O)c3cccc(S(=O)(=O)O)c3c2)CC1=O. The lowest BCUT2D eigenvalue weighted by atomic mass is 10.1. The maximum atomic E-state index is 11.7. The molecule has 2 aromatic rings. The first-order chi connectivity index (χ1) is 11.5. The quantitative estimate of drug-likeness (QED) is 0.749. The van der Waals surface area contributed by atoms with Gasteiger partial charge < -0.3 is 0 Å². The molecule has 1 aliphatic rings. The van der Waals surface area contributed by atoms with Gasteiger partial charge in [-0.05, 0) is 25.1 Å². The number of Topliss-reactive ketones (excluding diaryl/α,β-unsaturated/α-hetero) is 1. The molecule has 132 valence electrons. The minimum absolute atomic E-state index is 0.0847. The Morgan fingerprint density at radius 2 is 1.64 bits per heavy atom. The Morgan fingerprint density at radius 3 is 2.16 bits per heavy atom. The van der Waals surface area contributed by atoms with Crippen LogP contribution in [0.15, 0.2) is 45.2 Å². The second-order valence-electron chi connectivity index (χ2n) is 5.41. The predicted molar refractivity (Wildman–Crippen MR) is 89.0 cm³/mol. The van der Waals surface area contributed by atoms with Gasteiger partial charge in [0, 0.05) is 10.8 Å². The molecule has 25 heavy (non-hydrogen) atoms. The van der Waals surface area contributed by atoms with E-state index >= 15 is 0 Å². The van der Waals surface area contributed by atoms with Crippen molar-refractivity contribution < 1.29 is 30.7 Å². The predicted octanol–water partition coefficient (Wildman–Crippen LogP) is 1.10. The van der Waals surface area contributed by atoms with E-state index in [2.05, 4.69) is 5.10 Å². The van der Waals surface area contributed by atoms with E-state index in [0.717, 1.165) is 12.1 Å². The van der Waals surface area contributed by atoms with Gasteiger partial charge in [-0.25, -0.2) is 0 Å². The monoisotopic (exact) mass is 384 g/mol. The average molecular weight is 384 g/mol. The molecule has 1 heterocycles. The molecule has 0 amide bonds. The molecule has 0 fully saturated rings. The number of hydrazone groups is 1. The maximum Gasteiger partial charge on any atom is 0.295 e. The Kier molecular flexibility index (Phi) is 3.91. The molecule has 0 spiro atoms. The van der Waals surface area contributed by atoms with Gasteiger partial charge >= 0.3 is 0 Å². The van der Waals surface area contributed by atoms with Gasteiger partial charge in [-0.15, -0.1) is 0 Å². The fourth-order valence-corrected chi connectivity index (χ4v) is 3.99. The molecule has 9 nitrogen and oxygen atoms in total. The summed E-state index contributed by atoms with van der Waals surface area (Å²) < 4.78 is 65.5. The summed E-state index contributed by atoms with van der Waals surface area (Å²) in [6.07, 6.45) is 0. The Balaban J connectivity index is 2.40. The van der Waals surface area contributed by atoms with Gasteiger partial charge in [-0.2, -0.15) is 21.9 Å². The van der Waals surface area contributed by atoms with Crippen molar-refractivity contribution in [3.8, 4) is 0 Å². The van der Waals surface area contributed by atoms with Crippen molar-refractivity contribution in [1.29, 1.82) is 0 Å². The summed E-state index contributed by atoms with van der Waals surface area (Å²) in [4.78, 5) is 10.6. The highest BCUT2D eigenvalue weighted by molar-refractivity contribution is 7.86. The van der Waals surface area contributed by atoms with Crippen molar-refractivity contribution in [2.45, 2.75) is 16.7 Å². The Bertz CT molecular complexity index is 1150. The summed E-state index contributed by atoms with van der Waals surface area (Å²) in [7, 11) is -9.36. The van der Waals surface area contributed by atoms with E-state index in [-0.39, 0.29) is 34.5 Å². The second-order valence-corrected chi connectivity index (χ2v) is 8.19. The molecular formula is C14H12N2O7S2. The van der Waals surface area contributed by atoms with Crippen LogP contribution in [0.4, 0.5) is 5.69 Å². The summed E-state index contributed by atoms with van der Waals surface area (Å²) in [6, 6.07) is 5.99. The van der Waals surface area contributed by atoms with Crippen molar-refractivity contribution in [3.05, 3.63) is 30.3 Å². The summed E-state index contributed by atoms with van der Waals surface area (Å²) in [6.45, 7) is 1.33. The van der Waals surface area contributed by atoms with Gasteiger partial charge in [-0.3, -0.25) is 18.9 Å². The number of carbonyl (C=O) groups is 1. The molecule has 0 saturated carbocycles. The van der Waals surface area contributed by atoms with E-state index in [0.29, 0.717) is 0 Å². The molecular weight excluding hydrogens is 372 g/mol. The first kappa shape index (κ1) is 17.5. The number of fused-ring (bicyclic) bond motifs is 1. The molecule has 0 bridgehead atoms. The fraction of sp³-hybridized carbons (Fsp3) is 0.143. The van der Waals surface area contributed by atoms with E-state index in [1.165, 1.54) is 30.1 Å². The molecule has 0 aromatic heterocycles. The number of carbonyl (C=O) groups excluding carboxylic acids is 1. The summed E-state index contributed by atoms with van der Waals surface area (Å²) >= 11 is 0. The molecule has 1 aliphatic heterocycles. The van der Waals surface area contributed by atoms with Crippen molar-refractivity contribution in [1.82, 2.24) is 0 Å². The van der Waals surface area contributed by atoms with Crippen LogP contribution in [0.25, 0.3) is 10.8 Å². The minimum Gasteiger partial charge on any atom is -0.291 e. The van der Waals surface area contributed by atoms with Crippen LogP contribution in [0.5, 0.6) is 0 Å². The molecule has 3 rings (SSSR count). The molecule has 0 aliphatic carbocycles. The normalized spacial score (nSPS) is 15.7. The summed E-state index contributed by atoms with van der Waals surface area (Å²) in [5, 5.41) is 4.95. The van der Waals surface area contributed by atoms with Gasteiger partial charge in [0.1, 0.15) is 22.0 Å². The van der Waals surface area contributed by atoms with Crippen LogP contribution in [0.3, 0.4) is 0 Å². The zero-order valence-electron chi connectivity index (χ0n) is 12.7. The summed E-state index contributed by atoms with van der Waals surface area (Å²) in [5.74, 6) is -0.281. The first-order valence-electron chi connectivity index (χ1n) is 6.86. The van der Waals surface area contributed by atoms with Gasteiger partial charge in [0.05, 0.1) is 5.69 Å². The van der Waals surface area contributed by atoms with Gasteiger partial charge in [0.2, 0.25) is 0 Å². The van der Waals surface area contributed by atoms with E-state index in [1.54, 1.807) is 0 Å². The van der Waals surface area contributed by atoms with Crippen LogP contribution in [0.1, 0.15) is 6.92 Å². The van der Waals surface area contributed by atoms with Gasteiger partial charge in [-0.1, -0.05) is 12.1 Å². The lowest BCUT2D eigenvalue weighted by molar-refractivity contribution is -0.111. The summed E-state index contributed by atoms with van der Waals surface area (Å²) in [5.41, 5.74) is 0.290. The number of hydrogen-bond acceptors (Lipinski definition) is 7. The third-order valence-electron chi connectivity index (χ3n) is 3.72. The van der Waals surface area contributed by atoms with E-state index in [1.807, 2.05) is 0 Å². The highest BCUT2D eigenvalue weighted by atomic mass is 32.2. The first-order valence-corrected chi connectivity index (χ1v) is 9.74. The number of nitrogens with zero attached hydrogens (tertiary/aromatic N) is 2. The Morgan fingerprint density at radius 1 is 1.00 bits per heavy atom.